The van der Waals surface area contributed by atoms with E-state index in [4.69, 9.17) is 0 Å². The van der Waals surface area contributed by atoms with E-state index in [-0.39, 0.29) is 19.1 Å². The van der Waals surface area contributed by atoms with Gasteiger partial charge in [-0.1, -0.05) is 13.0 Å². The molecule has 0 unspecified atom stereocenters. The number of halogens is 6. The highest BCUT2D eigenvalue weighted by atomic mass is 19.4. The number of carbonyl (C=O) groups is 2. The summed E-state index contributed by atoms with van der Waals surface area (Å²) in [6, 6.07) is -0.256. The van der Waals surface area contributed by atoms with Crippen LogP contribution < -0.4 is 0 Å². The van der Waals surface area contributed by atoms with Gasteiger partial charge < -0.3 is 4.74 Å². The molecular formula is C15H12F6O3. The molecule has 0 fully saturated rings. The van der Waals surface area contributed by atoms with Crippen molar-refractivity contribution < 1.29 is 40.7 Å². The van der Waals surface area contributed by atoms with Crippen LogP contribution in [0.25, 0.3) is 0 Å². The van der Waals surface area contributed by atoms with Gasteiger partial charge in [-0.2, -0.15) is 13.2 Å². The Morgan fingerprint density at radius 3 is 2.17 bits per heavy atom. The Hall–Kier alpha value is -2.32. The lowest BCUT2D eigenvalue weighted by Gasteiger charge is -2.13. The average Bonchev–Trinajstić information content (AvgIpc) is 2.42. The van der Waals surface area contributed by atoms with Crippen molar-refractivity contribution in [1.29, 1.82) is 0 Å². The third kappa shape index (κ3) is 3.95. The molecule has 0 heterocycles. The SMILES string of the molecule is CCC=C(C(=O)OCC)C(=O)c1c(F)cc(F)c(C(F)(F)F)c1F. The Bertz CT molecular complexity index is 691. The Labute approximate surface area is 132 Å². The monoisotopic (exact) mass is 354 g/mol. The predicted octanol–water partition coefficient (Wildman–Crippen LogP) is 4.20. The van der Waals surface area contributed by atoms with Gasteiger partial charge in [-0.05, 0) is 13.3 Å². The van der Waals surface area contributed by atoms with Gasteiger partial charge >= 0.3 is 12.1 Å². The summed E-state index contributed by atoms with van der Waals surface area (Å²) in [7, 11) is 0. The van der Waals surface area contributed by atoms with Crippen molar-refractivity contribution in [2.45, 2.75) is 26.4 Å². The molecule has 0 radical (unpaired) electrons. The molecule has 1 aromatic carbocycles. The Morgan fingerprint density at radius 2 is 1.71 bits per heavy atom. The normalized spacial score (nSPS) is 12.2. The molecule has 0 aliphatic heterocycles. The maximum Gasteiger partial charge on any atom is 0.422 e. The topological polar surface area (TPSA) is 43.4 Å². The third-order valence-corrected chi connectivity index (χ3v) is 2.83. The molecule has 0 saturated carbocycles. The van der Waals surface area contributed by atoms with Crippen molar-refractivity contribution in [2.24, 2.45) is 0 Å². The van der Waals surface area contributed by atoms with Gasteiger partial charge in [0.2, 0.25) is 5.78 Å². The number of allylic oxidation sites excluding steroid dienone is 1. The van der Waals surface area contributed by atoms with E-state index in [0.29, 0.717) is 0 Å². The first-order valence-corrected chi connectivity index (χ1v) is 6.72. The van der Waals surface area contributed by atoms with Gasteiger partial charge in [-0.15, -0.1) is 0 Å². The number of esters is 1. The van der Waals surface area contributed by atoms with Gasteiger partial charge in [0, 0.05) is 6.07 Å². The minimum absolute atomic E-state index is 0.0659. The van der Waals surface area contributed by atoms with E-state index >= 15 is 0 Å². The number of hydrogen-bond donors (Lipinski definition) is 0. The zero-order valence-corrected chi connectivity index (χ0v) is 12.6. The summed E-state index contributed by atoms with van der Waals surface area (Å²) in [6.07, 6.45) is -4.47. The minimum atomic E-state index is -5.49. The summed E-state index contributed by atoms with van der Waals surface area (Å²) in [4.78, 5) is 23.8. The van der Waals surface area contributed by atoms with E-state index in [1.807, 2.05) is 0 Å². The van der Waals surface area contributed by atoms with Crippen molar-refractivity contribution >= 4 is 11.8 Å². The molecule has 0 aliphatic carbocycles. The Morgan fingerprint density at radius 1 is 1.12 bits per heavy atom. The lowest BCUT2D eigenvalue weighted by atomic mass is 9.98. The van der Waals surface area contributed by atoms with Crippen molar-refractivity contribution in [3.8, 4) is 0 Å². The Kier molecular flexibility index (Phi) is 6.16. The van der Waals surface area contributed by atoms with E-state index < -0.39 is 52.1 Å². The maximum atomic E-state index is 14.0. The number of Topliss-reactive ketones (excluding diaryl/α,β-unsaturated/α-hetero) is 1. The molecule has 0 spiro atoms. The van der Waals surface area contributed by atoms with Crippen molar-refractivity contribution in [3.05, 3.63) is 46.3 Å². The van der Waals surface area contributed by atoms with E-state index in [2.05, 4.69) is 4.74 Å². The van der Waals surface area contributed by atoms with Crippen LogP contribution in [0.15, 0.2) is 17.7 Å². The summed E-state index contributed by atoms with van der Waals surface area (Å²) in [5, 5.41) is 0. The van der Waals surface area contributed by atoms with Crippen LogP contribution in [0.5, 0.6) is 0 Å². The smallest absolute Gasteiger partial charge is 0.422 e. The first kappa shape index (κ1) is 19.7. The molecule has 0 bridgehead atoms. The van der Waals surface area contributed by atoms with Crippen LogP contribution in [0.4, 0.5) is 26.3 Å². The first-order chi connectivity index (χ1) is 11.1. The fraction of sp³-hybridized carbons (Fsp3) is 0.333. The molecule has 0 amide bonds. The second kappa shape index (κ2) is 7.50. The lowest BCUT2D eigenvalue weighted by Crippen LogP contribution is -2.22. The molecule has 24 heavy (non-hydrogen) atoms. The largest absolute Gasteiger partial charge is 0.462 e. The number of rotatable bonds is 5. The fourth-order valence-electron chi connectivity index (χ4n) is 1.87. The number of ketones is 1. The van der Waals surface area contributed by atoms with E-state index in [1.165, 1.54) is 13.8 Å². The third-order valence-electron chi connectivity index (χ3n) is 2.83. The summed E-state index contributed by atoms with van der Waals surface area (Å²) in [6.45, 7) is 2.70. The second-order valence-electron chi connectivity index (χ2n) is 4.48. The molecule has 0 aromatic heterocycles. The average molecular weight is 354 g/mol. The summed E-state index contributed by atoms with van der Waals surface area (Å²) < 4.78 is 83.6. The van der Waals surface area contributed by atoms with Gasteiger partial charge in [0.15, 0.2) is 5.82 Å². The van der Waals surface area contributed by atoms with E-state index in [9.17, 15) is 35.9 Å². The van der Waals surface area contributed by atoms with Crippen LogP contribution >= 0.6 is 0 Å². The summed E-state index contributed by atoms with van der Waals surface area (Å²) in [5.74, 6) is -9.38. The van der Waals surface area contributed by atoms with Crippen molar-refractivity contribution in [2.75, 3.05) is 6.61 Å². The minimum Gasteiger partial charge on any atom is -0.462 e. The highest BCUT2D eigenvalue weighted by molar-refractivity contribution is 6.24. The lowest BCUT2D eigenvalue weighted by molar-refractivity contribution is -0.142. The van der Waals surface area contributed by atoms with E-state index in [0.717, 1.165) is 6.08 Å². The molecule has 1 rings (SSSR count). The quantitative estimate of drug-likeness (QED) is 0.199. The highest BCUT2D eigenvalue weighted by Gasteiger charge is 2.41. The van der Waals surface area contributed by atoms with Gasteiger partial charge in [0.05, 0.1) is 12.2 Å². The van der Waals surface area contributed by atoms with Crippen LogP contribution in [0.1, 0.15) is 36.2 Å². The number of benzene rings is 1. The zero-order chi connectivity index (χ0) is 18.7. The number of alkyl halides is 3. The van der Waals surface area contributed by atoms with Crippen molar-refractivity contribution in [3.63, 3.8) is 0 Å². The van der Waals surface area contributed by atoms with Crippen LogP contribution in [0, 0.1) is 17.5 Å². The molecule has 132 valence electrons. The van der Waals surface area contributed by atoms with Crippen molar-refractivity contribution in [1.82, 2.24) is 0 Å². The molecule has 9 heteroatoms. The van der Waals surface area contributed by atoms with Crippen LogP contribution in [-0.2, 0) is 15.7 Å². The molecule has 3 nitrogen and oxygen atoms in total. The van der Waals surface area contributed by atoms with Gasteiger partial charge in [-0.3, -0.25) is 4.79 Å². The summed E-state index contributed by atoms with van der Waals surface area (Å²) >= 11 is 0. The van der Waals surface area contributed by atoms with Crippen LogP contribution in [-0.4, -0.2) is 18.4 Å². The number of hydrogen-bond acceptors (Lipinski definition) is 3. The molecule has 0 atom stereocenters. The van der Waals surface area contributed by atoms with E-state index in [1.54, 1.807) is 0 Å². The standard InChI is InChI=1S/C15H12F6O3/c1-3-5-7(14(23)24-4-2)13(22)10-8(16)6-9(17)11(12(10)18)15(19,20)21/h5-6H,3-4H2,1-2H3. The maximum absolute atomic E-state index is 14.0. The molecule has 1 aromatic rings. The van der Waals surface area contributed by atoms with Crippen LogP contribution in [0.2, 0.25) is 0 Å². The van der Waals surface area contributed by atoms with Gasteiger partial charge in [0.1, 0.15) is 22.8 Å². The Balaban J connectivity index is 3.58. The number of carbonyl (C=O) groups excluding carboxylic acids is 2. The fourth-order valence-corrected chi connectivity index (χ4v) is 1.87. The summed E-state index contributed by atoms with van der Waals surface area (Å²) in [5.41, 5.74) is -4.92. The molecular weight excluding hydrogens is 342 g/mol. The van der Waals surface area contributed by atoms with Gasteiger partial charge in [-0.25, -0.2) is 18.0 Å². The zero-order valence-electron chi connectivity index (χ0n) is 12.6. The molecule has 0 aliphatic rings. The number of ether oxygens (including phenoxy) is 1. The van der Waals surface area contributed by atoms with Gasteiger partial charge in [0.25, 0.3) is 0 Å². The second-order valence-corrected chi connectivity index (χ2v) is 4.48. The molecule has 0 saturated heterocycles. The molecule has 0 N–H and O–H groups in total. The highest BCUT2D eigenvalue weighted by Crippen LogP contribution is 2.36. The predicted molar refractivity (Wildman–Crippen MR) is 70.7 cm³/mol. The van der Waals surface area contributed by atoms with Crippen LogP contribution in [0.3, 0.4) is 0 Å². The first-order valence-electron chi connectivity index (χ1n) is 6.72.